The molecule has 0 radical (unpaired) electrons. The fourth-order valence-electron chi connectivity index (χ4n) is 1.48. The van der Waals surface area contributed by atoms with Crippen LogP contribution in [0.5, 0.6) is 0 Å². The van der Waals surface area contributed by atoms with E-state index in [0.717, 1.165) is 4.57 Å². The molecule has 1 heterocycles. The van der Waals surface area contributed by atoms with Gasteiger partial charge in [-0.3, -0.25) is 14.2 Å². The zero-order chi connectivity index (χ0) is 13.8. The van der Waals surface area contributed by atoms with Crippen molar-refractivity contribution in [2.45, 2.75) is 6.54 Å². The van der Waals surface area contributed by atoms with Crippen molar-refractivity contribution in [1.29, 1.82) is 0 Å². The van der Waals surface area contributed by atoms with Crippen molar-refractivity contribution < 1.29 is 4.79 Å². The Labute approximate surface area is 112 Å². The van der Waals surface area contributed by atoms with Gasteiger partial charge < -0.3 is 10.3 Å². The minimum atomic E-state index is -0.626. The van der Waals surface area contributed by atoms with Gasteiger partial charge in [0.25, 0.3) is 5.56 Å². The fraction of sp³-hybridized carbons (Fsp3) is 0.0833. The van der Waals surface area contributed by atoms with E-state index < -0.39 is 17.2 Å². The number of anilines is 1. The van der Waals surface area contributed by atoms with Crippen LogP contribution in [-0.4, -0.2) is 15.5 Å². The maximum atomic E-state index is 11.7. The Hall–Kier alpha value is -2.34. The molecule has 7 heteroatoms. The van der Waals surface area contributed by atoms with Crippen LogP contribution in [0.2, 0.25) is 5.02 Å². The quantitative estimate of drug-likeness (QED) is 0.873. The highest BCUT2D eigenvalue weighted by Gasteiger charge is 2.07. The minimum Gasteiger partial charge on any atom is -0.325 e. The Bertz CT molecular complexity index is 675. The van der Waals surface area contributed by atoms with Crippen LogP contribution in [0.3, 0.4) is 0 Å². The number of H-pyrrole nitrogens is 1. The van der Waals surface area contributed by atoms with E-state index in [0.29, 0.717) is 10.7 Å². The molecule has 0 spiro atoms. The number of halogens is 1. The molecular weight excluding hydrogens is 270 g/mol. The number of benzene rings is 1. The van der Waals surface area contributed by atoms with Crippen molar-refractivity contribution in [2.24, 2.45) is 0 Å². The first-order valence-electron chi connectivity index (χ1n) is 5.40. The van der Waals surface area contributed by atoms with Gasteiger partial charge in [0.15, 0.2) is 0 Å². The van der Waals surface area contributed by atoms with Crippen LogP contribution in [0.15, 0.2) is 46.1 Å². The van der Waals surface area contributed by atoms with Gasteiger partial charge in [0.2, 0.25) is 5.91 Å². The summed E-state index contributed by atoms with van der Waals surface area (Å²) in [5.74, 6) is -0.471. The van der Waals surface area contributed by atoms with Gasteiger partial charge in [-0.05, 0) is 24.3 Å². The lowest BCUT2D eigenvalue weighted by atomic mass is 10.3. The van der Waals surface area contributed by atoms with Gasteiger partial charge in [-0.15, -0.1) is 0 Å². The molecular formula is C12H10ClN3O3. The third-order valence-corrected chi connectivity index (χ3v) is 2.63. The predicted molar refractivity (Wildman–Crippen MR) is 71.4 cm³/mol. The molecule has 2 rings (SSSR count). The van der Waals surface area contributed by atoms with Crippen molar-refractivity contribution in [3.05, 3.63) is 62.4 Å². The average Bonchev–Trinajstić information content (AvgIpc) is 2.37. The van der Waals surface area contributed by atoms with Gasteiger partial charge in [0, 0.05) is 23.0 Å². The highest BCUT2D eigenvalue weighted by atomic mass is 35.5. The number of hydrogen-bond acceptors (Lipinski definition) is 3. The largest absolute Gasteiger partial charge is 0.328 e. The van der Waals surface area contributed by atoms with Crippen LogP contribution in [0.25, 0.3) is 0 Å². The van der Waals surface area contributed by atoms with E-state index in [4.69, 9.17) is 11.6 Å². The topological polar surface area (TPSA) is 84.0 Å². The van der Waals surface area contributed by atoms with Crippen molar-refractivity contribution in [3.63, 3.8) is 0 Å². The zero-order valence-electron chi connectivity index (χ0n) is 9.72. The molecule has 1 amide bonds. The SMILES string of the molecule is O=C(Cn1c(=O)cc[nH]c1=O)Nc1ccc(Cl)cc1. The summed E-state index contributed by atoms with van der Waals surface area (Å²) in [7, 11) is 0. The molecule has 0 saturated heterocycles. The molecule has 2 N–H and O–H groups in total. The standard InChI is InChI=1S/C12H10ClN3O3/c13-8-1-3-9(4-2-8)15-10(17)7-16-11(18)5-6-14-12(16)19/h1-6H,7H2,(H,14,19)(H,15,17). The predicted octanol–water partition coefficient (Wildman–Crippen LogP) is 0.829. The van der Waals surface area contributed by atoms with E-state index in [9.17, 15) is 14.4 Å². The Balaban J connectivity index is 2.12. The van der Waals surface area contributed by atoms with E-state index in [2.05, 4.69) is 10.3 Å². The third-order valence-electron chi connectivity index (χ3n) is 2.37. The Morgan fingerprint density at radius 3 is 2.53 bits per heavy atom. The number of amides is 1. The summed E-state index contributed by atoms with van der Waals surface area (Å²) < 4.78 is 0.811. The van der Waals surface area contributed by atoms with Crippen LogP contribution in [0.1, 0.15) is 0 Å². The lowest BCUT2D eigenvalue weighted by molar-refractivity contribution is -0.116. The molecule has 0 unspecified atom stereocenters. The summed E-state index contributed by atoms with van der Waals surface area (Å²) in [6.07, 6.45) is 1.23. The Morgan fingerprint density at radius 1 is 1.21 bits per heavy atom. The maximum absolute atomic E-state index is 11.7. The first-order valence-corrected chi connectivity index (χ1v) is 5.78. The van der Waals surface area contributed by atoms with Gasteiger partial charge in [0.1, 0.15) is 6.54 Å². The molecule has 19 heavy (non-hydrogen) atoms. The van der Waals surface area contributed by atoms with Gasteiger partial charge in [-0.1, -0.05) is 11.6 Å². The molecule has 0 saturated carbocycles. The zero-order valence-corrected chi connectivity index (χ0v) is 10.5. The third kappa shape index (κ3) is 3.32. The smallest absolute Gasteiger partial charge is 0.325 e. The highest BCUT2D eigenvalue weighted by Crippen LogP contribution is 2.13. The minimum absolute atomic E-state index is 0.350. The highest BCUT2D eigenvalue weighted by molar-refractivity contribution is 6.30. The Morgan fingerprint density at radius 2 is 1.89 bits per heavy atom. The van der Waals surface area contributed by atoms with Crippen LogP contribution in [0.4, 0.5) is 5.69 Å². The average molecular weight is 280 g/mol. The van der Waals surface area contributed by atoms with Crippen LogP contribution < -0.4 is 16.6 Å². The van der Waals surface area contributed by atoms with Crippen molar-refractivity contribution in [3.8, 4) is 0 Å². The first-order chi connectivity index (χ1) is 9.06. The summed E-state index contributed by atoms with van der Waals surface area (Å²) in [6.45, 7) is -0.350. The second-order valence-electron chi connectivity index (χ2n) is 3.76. The number of nitrogens with one attached hydrogen (secondary N) is 2. The summed E-state index contributed by atoms with van der Waals surface area (Å²) in [4.78, 5) is 36.8. The van der Waals surface area contributed by atoms with Crippen LogP contribution in [-0.2, 0) is 11.3 Å². The molecule has 0 atom stereocenters. The van der Waals surface area contributed by atoms with Crippen molar-refractivity contribution in [2.75, 3.05) is 5.32 Å². The summed E-state index contributed by atoms with van der Waals surface area (Å²) in [6, 6.07) is 7.67. The van der Waals surface area contributed by atoms with E-state index in [-0.39, 0.29) is 6.54 Å². The van der Waals surface area contributed by atoms with Crippen LogP contribution >= 0.6 is 11.6 Å². The number of aromatic amines is 1. The second-order valence-corrected chi connectivity index (χ2v) is 4.20. The molecule has 0 aliphatic rings. The van der Waals surface area contributed by atoms with Gasteiger partial charge >= 0.3 is 5.69 Å². The molecule has 0 aliphatic carbocycles. The van der Waals surface area contributed by atoms with E-state index in [1.807, 2.05) is 0 Å². The Kier molecular flexibility index (Phi) is 3.82. The number of carbonyl (C=O) groups excluding carboxylic acids is 1. The van der Waals surface area contributed by atoms with E-state index in [1.165, 1.54) is 12.3 Å². The summed E-state index contributed by atoms with van der Waals surface area (Å²) in [5.41, 5.74) is -0.622. The molecule has 0 aliphatic heterocycles. The number of carbonyl (C=O) groups is 1. The monoisotopic (exact) mass is 279 g/mol. The fourth-order valence-corrected chi connectivity index (χ4v) is 1.61. The normalized spacial score (nSPS) is 10.2. The van der Waals surface area contributed by atoms with Gasteiger partial charge in [-0.25, -0.2) is 4.79 Å². The first kappa shape index (κ1) is 13.1. The number of nitrogens with zero attached hydrogens (tertiary/aromatic N) is 1. The van der Waals surface area contributed by atoms with Crippen molar-refractivity contribution >= 4 is 23.2 Å². The number of hydrogen-bond donors (Lipinski definition) is 2. The molecule has 0 fully saturated rings. The molecule has 2 aromatic rings. The number of aromatic nitrogens is 2. The lowest BCUT2D eigenvalue weighted by Gasteiger charge is -2.06. The summed E-state index contributed by atoms with van der Waals surface area (Å²) >= 11 is 5.72. The molecule has 98 valence electrons. The molecule has 1 aromatic heterocycles. The molecule has 6 nitrogen and oxygen atoms in total. The summed E-state index contributed by atoms with van der Waals surface area (Å²) in [5, 5.41) is 3.11. The van der Waals surface area contributed by atoms with Crippen molar-refractivity contribution in [1.82, 2.24) is 9.55 Å². The second kappa shape index (κ2) is 5.53. The number of rotatable bonds is 3. The van der Waals surface area contributed by atoms with Gasteiger partial charge in [0.05, 0.1) is 0 Å². The van der Waals surface area contributed by atoms with E-state index >= 15 is 0 Å². The molecule has 0 bridgehead atoms. The lowest BCUT2D eigenvalue weighted by Crippen LogP contribution is -2.37. The van der Waals surface area contributed by atoms with E-state index in [1.54, 1.807) is 24.3 Å². The van der Waals surface area contributed by atoms with Gasteiger partial charge in [-0.2, -0.15) is 0 Å². The maximum Gasteiger partial charge on any atom is 0.328 e. The molecule has 1 aromatic carbocycles. The van der Waals surface area contributed by atoms with Crippen LogP contribution in [0, 0.1) is 0 Å².